The Hall–Kier alpha value is -2.43. The van der Waals surface area contributed by atoms with Crippen molar-refractivity contribution in [2.75, 3.05) is 44.2 Å². The first-order valence-corrected chi connectivity index (χ1v) is 10.8. The Morgan fingerprint density at radius 2 is 1.94 bits per heavy atom. The summed E-state index contributed by atoms with van der Waals surface area (Å²) in [5.41, 5.74) is 1.43. The van der Waals surface area contributed by atoms with Gasteiger partial charge in [-0.25, -0.2) is 14.4 Å². The maximum atomic E-state index is 13.7. The first kappa shape index (κ1) is 25.8. The maximum Gasteiger partial charge on any atom is 0.224 e. The molecule has 0 radical (unpaired) electrons. The molecule has 0 bridgehead atoms. The number of halogens is 2. The third-order valence-corrected chi connectivity index (χ3v) is 5.24. The number of nitrogens with one attached hydrogen (secondary N) is 2. The quantitative estimate of drug-likeness (QED) is 0.313. The number of nitrogens with zero attached hydrogens (tertiary/aromatic N) is 4. The van der Waals surface area contributed by atoms with Crippen LogP contribution in [0.1, 0.15) is 24.5 Å². The zero-order chi connectivity index (χ0) is 22.1. The van der Waals surface area contributed by atoms with E-state index in [0.717, 1.165) is 24.5 Å². The Bertz CT molecular complexity index is 887. The van der Waals surface area contributed by atoms with E-state index in [4.69, 9.17) is 0 Å². The van der Waals surface area contributed by atoms with E-state index in [1.807, 2.05) is 36.1 Å². The average Bonchev–Trinajstić information content (AvgIpc) is 2.80. The van der Waals surface area contributed by atoms with Crippen LogP contribution >= 0.6 is 24.0 Å². The van der Waals surface area contributed by atoms with E-state index in [0.29, 0.717) is 50.7 Å². The Labute approximate surface area is 206 Å². The number of hydrogen-bond acceptors (Lipinski definition) is 4. The minimum Gasteiger partial charge on any atom is -0.357 e. The van der Waals surface area contributed by atoms with Crippen LogP contribution in [0.3, 0.4) is 0 Å². The van der Waals surface area contributed by atoms with Crippen LogP contribution in [0.5, 0.6) is 0 Å². The van der Waals surface area contributed by atoms with Crippen LogP contribution in [-0.2, 0) is 11.3 Å². The first-order chi connectivity index (χ1) is 15.1. The van der Waals surface area contributed by atoms with Gasteiger partial charge in [0.2, 0.25) is 5.91 Å². The van der Waals surface area contributed by atoms with Gasteiger partial charge < -0.3 is 20.4 Å². The van der Waals surface area contributed by atoms with Crippen LogP contribution in [0.2, 0.25) is 0 Å². The third kappa shape index (κ3) is 7.61. The van der Waals surface area contributed by atoms with Crippen molar-refractivity contribution in [2.45, 2.75) is 26.8 Å². The Balaban J connectivity index is 0.00000363. The van der Waals surface area contributed by atoms with Gasteiger partial charge in [-0.05, 0) is 43.2 Å². The molecule has 32 heavy (non-hydrogen) atoms. The molecule has 2 N–H and O–H groups in total. The fourth-order valence-electron chi connectivity index (χ4n) is 3.42. The smallest absolute Gasteiger partial charge is 0.224 e. The molecule has 1 aromatic heterocycles. The summed E-state index contributed by atoms with van der Waals surface area (Å²) in [6.45, 7) is 8.26. The SMILES string of the molecule is CCNC(=NCc1ccc(C)c(F)c1)NCCC(=O)N1CCN(c2ccccn2)CC1.I. The van der Waals surface area contributed by atoms with Gasteiger partial charge in [0.15, 0.2) is 5.96 Å². The predicted octanol–water partition coefficient (Wildman–Crippen LogP) is 2.94. The molecule has 1 saturated heterocycles. The van der Waals surface area contributed by atoms with Crippen molar-refractivity contribution in [2.24, 2.45) is 4.99 Å². The topological polar surface area (TPSA) is 72.9 Å². The van der Waals surface area contributed by atoms with E-state index >= 15 is 0 Å². The van der Waals surface area contributed by atoms with Crippen molar-refractivity contribution in [3.05, 3.63) is 59.5 Å². The minimum atomic E-state index is -0.223. The molecular weight excluding hydrogens is 522 g/mol. The standard InChI is InChI=1S/C23H31FN6O.HI/c1-3-25-23(28-17-19-8-7-18(2)20(24)16-19)27-11-9-22(31)30-14-12-29(13-15-30)21-6-4-5-10-26-21;/h4-8,10,16H,3,9,11-15,17H2,1-2H3,(H2,25,27,28);1H. The number of rotatable bonds is 7. The van der Waals surface area contributed by atoms with Crippen LogP contribution in [0.4, 0.5) is 10.2 Å². The summed E-state index contributed by atoms with van der Waals surface area (Å²) in [6.07, 6.45) is 2.19. The summed E-state index contributed by atoms with van der Waals surface area (Å²) in [5, 5.41) is 6.36. The molecule has 1 aromatic carbocycles. The lowest BCUT2D eigenvalue weighted by atomic mass is 10.1. The van der Waals surface area contributed by atoms with Crippen LogP contribution in [-0.4, -0.2) is 61.0 Å². The van der Waals surface area contributed by atoms with Gasteiger partial charge in [0, 0.05) is 51.9 Å². The van der Waals surface area contributed by atoms with Crippen LogP contribution < -0.4 is 15.5 Å². The number of pyridine rings is 1. The van der Waals surface area contributed by atoms with Crippen molar-refractivity contribution in [3.63, 3.8) is 0 Å². The molecule has 0 unspecified atom stereocenters. The van der Waals surface area contributed by atoms with Gasteiger partial charge in [0.25, 0.3) is 0 Å². The normalized spacial score (nSPS) is 14.0. The largest absolute Gasteiger partial charge is 0.357 e. The number of carbonyl (C=O) groups excluding carboxylic acids is 1. The second kappa shape index (κ2) is 13.2. The second-order valence-electron chi connectivity index (χ2n) is 7.51. The molecule has 1 aliphatic rings. The highest BCUT2D eigenvalue weighted by Gasteiger charge is 2.21. The number of guanidine groups is 1. The fraction of sp³-hybridized carbons (Fsp3) is 0.435. The number of hydrogen-bond donors (Lipinski definition) is 2. The summed E-state index contributed by atoms with van der Waals surface area (Å²) in [5.74, 6) is 1.48. The van der Waals surface area contributed by atoms with Crippen molar-refractivity contribution in [3.8, 4) is 0 Å². The lowest BCUT2D eigenvalue weighted by molar-refractivity contribution is -0.131. The van der Waals surface area contributed by atoms with Crippen LogP contribution in [0, 0.1) is 12.7 Å². The first-order valence-electron chi connectivity index (χ1n) is 10.8. The highest BCUT2D eigenvalue weighted by molar-refractivity contribution is 14.0. The summed E-state index contributed by atoms with van der Waals surface area (Å²) in [6, 6.07) is 11.0. The van der Waals surface area contributed by atoms with E-state index in [9.17, 15) is 9.18 Å². The Kier molecular flexibility index (Phi) is 10.6. The number of aliphatic imine (C=N–C) groups is 1. The van der Waals surface area contributed by atoms with Gasteiger partial charge in [-0.2, -0.15) is 0 Å². The zero-order valence-corrected chi connectivity index (χ0v) is 21.0. The molecule has 1 amide bonds. The number of benzene rings is 1. The van der Waals surface area contributed by atoms with E-state index in [1.54, 1.807) is 19.2 Å². The van der Waals surface area contributed by atoms with Crippen LogP contribution in [0.15, 0.2) is 47.6 Å². The highest BCUT2D eigenvalue weighted by Crippen LogP contribution is 2.13. The molecular formula is C23H32FIN6O. The molecule has 3 rings (SSSR count). The minimum absolute atomic E-state index is 0. The molecule has 2 heterocycles. The zero-order valence-electron chi connectivity index (χ0n) is 18.7. The second-order valence-corrected chi connectivity index (χ2v) is 7.51. The predicted molar refractivity (Wildman–Crippen MR) is 137 cm³/mol. The van der Waals surface area contributed by atoms with Gasteiger partial charge in [0.05, 0.1) is 6.54 Å². The lowest BCUT2D eigenvalue weighted by Gasteiger charge is -2.35. The van der Waals surface area contributed by atoms with E-state index in [-0.39, 0.29) is 35.7 Å². The molecule has 0 spiro atoms. The van der Waals surface area contributed by atoms with Crippen molar-refractivity contribution in [1.29, 1.82) is 0 Å². The van der Waals surface area contributed by atoms with Gasteiger partial charge in [-0.1, -0.05) is 18.2 Å². The molecule has 1 fully saturated rings. The maximum absolute atomic E-state index is 13.7. The van der Waals surface area contributed by atoms with E-state index < -0.39 is 0 Å². The number of anilines is 1. The number of amides is 1. The number of piperazine rings is 1. The van der Waals surface area contributed by atoms with Crippen molar-refractivity contribution in [1.82, 2.24) is 20.5 Å². The monoisotopic (exact) mass is 554 g/mol. The summed E-state index contributed by atoms with van der Waals surface area (Å²) >= 11 is 0. The van der Waals surface area contributed by atoms with Gasteiger partial charge in [0.1, 0.15) is 11.6 Å². The molecule has 0 saturated carbocycles. The number of aryl methyl sites for hydroxylation is 1. The van der Waals surface area contributed by atoms with E-state index in [2.05, 4.69) is 25.5 Å². The summed E-state index contributed by atoms with van der Waals surface area (Å²) < 4.78 is 13.7. The van der Waals surface area contributed by atoms with Crippen molar-refractivity contribution >= 4 is 41.7 Å². The van der Waals surface area contributed by atoms with Gasteiger partial charge in [-0.3, -0.25) is 4.79 Å². The van der Waals surface area contributed by atoms with Crippen molar-refractivity contribution < 1.29 is 9.18 Å². The molecule has 9 heteroatoms. The third-order valence-electron chi connectivity index (χ3n) is 5.24. The fourth-order valence-corrected chi connectivity index (χ4v) is 3.42. The van der Waals surface area contributed by atoms with Crippen LogP contribution in [0.25, 0.3) is 0 Å². The van der Waals surface area contributed by atoms with Gasteiger partial charge >= 0.3 is 0 Å². The lowest BCUT2D eigenvalue weighted by Crippen LogP contribution is -2.49. The Morgan fingerprint density at radius 3 is 2.59 bits per heavy atom. The molecule has 0 atom stereocenters. The summed E-state index contributed by atoms with van der Waals surface area (Å²) in [7, 11) is 0. The van der Waals surface area contributed by atoms with E-state index in [1.165, 1.54) is 6.07 Å². The van der Waals surface area contributed by atoms with Gasteiger partial charge in [-0.15, -0.1) is 24.0 Å². The Morgan fingerprint density at radius 1 is 1.16 bits per heavy atom. The molecule has 0 aliphatic carbocycles. The summed E-state index contributed by atoms with van der Waals surface area (Å²) in [4.78, 5) is 25.6. The molecule has 174 valence electrons. The molecule has 7 nitrogen and oxygen atoms in total. The average molecular weight is 554 g/mol. The molecule has 2 aromatic rings. The number of carbonyl (C=O) groups is 1. The molecule has 1 aliphatic heterocycles. The number of aromatic nitrogens is 1. The highest BCUT2D eigenvalue weighted by atomic mass is 127.